The molecule has 3 aromatic carbocycles. The lowest BCUT2D eigenvalue weighted by Crippen LogP contribution is -2.35. The molecule has 6 nitrogen and oxygen atoms in total. The van der Waals surface area contributed by atoms with Gasteiger partial charge >= 0.3 is 0 Å². The van der Waals surface area contributed by atoms with Crippen LogP contribution in [0.5, 0.6) is 5.75 Å². The highest BCUT2D eigenvalue weighted by Crippen LogP contribution is 2.32. The van der Waals surface area contributed by atoms with Gasteiger partial charge in [-0.3, -0.25) is 10.2 Å². The van der Waals surface area contributed by atoms with E-state index >= 15 is 0 Å². The van der Waals surface area contributed by atoms with Crippen LogP contribution in [-0.4, -0.2) is 27.0 Å². The minimum absolute atomic E-state index is 0.0382. The molecule has 0 atom stereocenters. The predicted octanol–water partition coefficient (Wildman–Crippen LogP) is 5.38. The van der Waals surface area contributed by atoms with Crippen molar-refractivity contribution in [3.63, 3.8) is 0 Å². The van der Waals surface area contributed by atoms with E-state index in [0.29, 0.717) is 27.1 Å². The van der Waals surface area contributed by atoms with Crippen LogP contribution in [-0.2, 0) is 11.4 Å². The second kappa shape index (κ2) is 9.07. The van der Waals surface area contributed by atoms with Gasteiger partial charge in [0.15, 0.2) is 5.84 Å². The van der Waals surface area contributed by atoms with Crippen LogP contribution in [0.25, 0.3) is 6.08 Å². The Balaban J connectivity index is 1.38. The number of hydrazone groups is 1. The predicted molar refractivity (Wildman–Crippen MR) is 132 cm³/mol. The summed E-state index contributed by atoms with van der Waals surface area (Å²) in [6.07, 6.45) is 1.59. The molecule has 1 N–H and O–H groups in total. The quantitative estimate of drug-likeness (QED) is 0.508. The molecule has 0 radical (unpaired) electrons. The molecular formula is C26H19FN4O2S. The van der Waals surface area contributed by atoms with Gasteiger partial charge < -0.3 is 4.74 Å². The third-order valence-corrected chi connectivity index (χ3v) is 6.29. The molecule has 3 aromatic rings. The molecule has 2 aliphatic heterocycles. The Kier molecular flexibility index (Phi) is 5.81. The van der Waals surface area contributed by atoms with E-state index in [2.05, 4.69) is 10.1 Å². The summed E-state index contributed by atoms with van der Waals surface area (Å²) in [7, 11) is 0. The van der Waals surface area contributed by atoms with E-state index in [0.717, 1.165) is 11.1 Å². The molecule has 0 saturated heterocycles. The fourth-order valence-corrected chi connectivity index (χ4v) is 4.53. The number of carbonyl (C=O) groups excluding carboxylic acids is 1. The molecule has 0 unspecified atom stereocenters. The Morgan fingerprint density at radius 2 is 1.88 bits per heavy atom. The standard InChI is InChI=1S/C26H19FN4O2S/c1-16-7-2-4-11-20(16)25-30-31-23(28)21(24(32)29-26(31)34-25)14-17-8-6-10-19(13-17)33-15-18-9-3-5-12-22(18)27/h2-14,28H,15H2,1H3/b21-14-,28-23?. The number of fused-ring (bicyclic) bond motifs is 1. The first-order valence-electron chi connectivity index (χ1n) is 10.5. The van der Waals surface area contributed by atoms with Crippen LogP contribution in [0.2, 0.25) is 0 Å². The Hall–Kier alpha value is -4.04. The smallest absolute Gasteiger partial charge is 0.283 e. The monoisotopic (exact) mass is 470 g/mol. The molecule has 8 heteroatoms. The average Bonchev–Trinajstić information content (AvgIpc) is 3.26. The summed E-state index contributed by atoms with van der Waals surface area (Å²) in [5.74, 6) is -0.343. The summed E-state index contributed by atoms with van der Waals surface area (Å²) in [5.41, 5.74) is 3.23. The largest absolute Gasteiger partial charge is 0.489 e. The number of hydrogen-bond acceptors (Lipinski definition) is 5. The van der Waals surface area contributed by atoms with E-state index in [1.165, 1.54) is 22.8 Å². The zero-order valence-corrected chi connectivity index (χ0v) is 19.0. The number of ether oxygens (including phenoxy) is 1. The number of halogens is 1. The SMILES string of the molecule is Cc1ccccc1C1=NN2C(=N)/C(=C/c3cccc(OCc4ccccc4F)c3)C(=O)N=C2S1. The van der Waals surface area contributed by atoms with Crippen molar-refractivity contribution in [1.29, 1.82) is 5.41 Å². The number of aryl methyl sites for hydroxylation is 1. The first kappa shape index (κ1) is 21.8. The van der Waals surface area contributed by atoms with Crippen molar-refractivity contribution in [2.24, 2.45) is 10.1 Å². The lowest BCUT2D eigenvalue weighted by atomic mass is 10.1. The van der Waals surface area contributed by atoms with Crippen molar-refractivity contribution < 1.29 is 13.9 Å². The third kappa shape index (κ3) is 4.27. The molecule has 168 valence electrons. The van der Waals surface area contributed by atoms with Gasteiger partial charge in [0.25, 0.3) is 5.91 Å². The molecule has 5 rings (SSSR count). The molecule has 0 bridgehead atoms. The van der Waals surface area contributed by atoms with Gasteiger partial charge in [-0.25, -0.2) is 4.39 Å². The first-order chi connectivity index (χ1) is 16.5. The van der Waals surface area contributed by atoms with Crippen LogP contribution in [0, 0.1) is 18.2 Å². The van der Waals surface area contributed by atoms with E-state index < -0.39 is 5.91 Å². The summed E-state index contributed by atoms with van der Waals surface area (Å²) in [5, 5.41) is 15.6. The van der Waals surface area contributed by atoms with Gasteiger partial charge in [0.1, 0.15) is 23.2 Å². The highest BCUT2D eigenvalue weighted by molar-refractivity contribution is 8.27. The number of nitrogens with one attached hydrogen (secondary N) is 1. The minimum atomic E-state index is -0.498. The molecule has 1 amide bonds. The van der Waals surface area contributed by atoms with E-state index in [1.807, 2.05) is 31.2 Å². The number of benzene rings is 3. The molecule has 2 aliphatic rings. The summed E-state index contributed by atoms with van der Waals surface area (Å²) in [6.45, 7) is 2.07. The van der Waals surface area contributed by atoms with E-state index in [4.69, 9.17) is 10.1 Å². The topological polar surface area (TPSA) is 78.1 Å². The second-order valence-electron chi connectivity index (χ2n) is 7.69. The number of aliphatic imine (C=N–C) groups is 1. The van der Waals surface area contributed by atoms with Crippen LogP contribution in [0.1, 0.15) is 22.3 Å². The molecule has 0 fully saturated rings. The van der Waals surface area contributed by atoms with Crippen molar-refractivity contribution in [3.05, 3.63) is 106 Å². The lowest BCUT2D eigenvalue weighted by molar-refractivity contribution is -0.114. The number of nitrogens with zero attached hydrogens (tertiary/aromatic N) is 3. The maximum atomic E-state index is 13.9. The van der Waals surface area contributed by atoms with Crippen molar-refractivity contribution >= 4 is 39.8 Å². The maximum Gasteiger partial charge on any atom is 0.283 e. The first-order valence-corrected chi connectivity index (χ1v) is 11.3. The zero-order valence-electron chi connectivity index (χ0n) is 18.2. The number of thioether (sulfide) groups is 1. The summed E-state index contributed by atoms with van der Waals surface area (Å²) >= 11 is 1.27. The molecule has 34 heavy (non-hydrogen) atoms. The Morgan fingerprint density at radius 3 is 2.71 bits per heavy atom. The minimum Gasteiger partial charge on any atom is -0.489 e. The van der Waals surface area contributed by atoms with Crippen LogP contribution in [0.4, 0.5) is 4.39 Å². The Bertz CT molecular complexity index is 1410. The number of hydrogen-bond donors (Lipinski definition) is 1. The zero-order chi connectivity index (χ0) is 23.7. The van der Waals surface area contributed by atoms with Crippen LogP contribution in [0.3, 0.4) is 0 Å². The molecule has 0 aromatic heterocycles. The van der Waals surface area contributed by atoms with Crippen LogP contribution < -0.4 is 4.74 Å². The second-order valence-corrected chi connectivity index (χ2v) is 8.65. The summed E-state index contributed by atoms with van der Waals surface area (Å²) < 4.78 is 19.6. The van der Waals surface area contributed by atoms with E-state index in [-0.39, 0.29) is 23.8 Å². The fourth-order valence-electron chi connectivity index (χ4n) is 3.55. The van der Waals surface area contributed by atoms with E-state index in [1.54, 1.807) is 48.5 Å². The highest BCUT2D eigenvalue weighted by Gasteiger charge is 2.36. The Morgan fingerprint density at radius 1 is 1.09 bits per heavy atom. The van der Waals surface area contributed by atoms with Gasteiger partial charge in [0.2, 0.25) is 5.17 Å². The number of carbonyl (C=O) groups is 1. The van der Waals surface area contributed by atoms with E-state index in [9.17, 15) is 9.18 Å². The number of amidine groups is 2. The summed E-state index contributed by atoms with van der Waals surface area (Å²) in [4.78, 5) is 16.9. The molecule has 0 saturated carbocycles. The van der Waals surface area contributed by atoms with Gasteiger partial charge in [-0.05, 0) is 54.1 Å². The van der Waals surface area contributed by atoms with Crippen molar-refractivity contribution in [3.8, 4) is 5.75 Å². The van der Waals surface area contributed by atoms with Crippen molar-refractivity contribution in [2.75, 3.05) is 0 Å². The third-order valence-electron chi connectivity index (χ3n) is 5.35. The van der Waals surface area contributed by atoms with Crippen LogP contribution >= 0.6 is 11.8 Å². The molecule has 0 spiro atoms. The lowest BCUT2D eigenvalue weighted by Gasteiger charge is -2.20. The highest BCUT2D eigenvalue weighted by atomic mass is 32.2. The van der Waals surface area contributed by atoms with Gasteiger partial charge in [-0.2, -0.15) is 15.1 Å². The van der Waals surface area contributed by atoms with Gasteiger partial charge in [0.05, 0.1) is 5.57 Å². The van der Waals surface area contributed by atoms with Crippen LogP contribution in [0.15, 0.2) is 88.5 Å². The maximum absolute atomic E-state index is 13.9. The number of amides is 1. The number of rotatable bonds is 5. The van der Waals surface area contributed by atoms with Crippen molar-refractivity contribution in [2.45, 2.75) is 13.5 Å². The van der Waals surface area contributed by atoms with Crippen molar-refractivity contribution in [1.82, 2.24) is 5.01 Å². The van der Waals surface area contributed by atoms with Gasteiger partial charge in [-0.15, -0.1) is 0 Å². The Labute approximate surface area is 200 Å². The average molecular weight is 471 g/mol. The fraction of sp³-hybridized carbons (Fsp3) is 0.0769. The van der Waals surface area contributed by atoms with Gasteiger partial charge in [0, 0.05) is 11.1 Å². The molecule has 0 aliphatic carbocycles. The normalized spacial score (nSPS) is 16.4. The summed E-state index contributed by atoms with van der Waals surface area (Å²) in [6, 6.07) is 21.3. The molecule has 2 heterocycles. The molecular weight excluding hydrogens is 451 g/mol. The van der Waals surface area contributed by atoms with Gasteiger partial charge in [-0.1, -0.05) is 54.6 Å².